The molecule has 1 fully saturated rings. The van der Waals surface area contributed by atoms with E-state index in [0.717, 1.165) is 6.54 Å². The number of nitrogens with one attached hydrogen (secondary N) is 3. The number of carbonyl (C=O) groups is 2. The number of nitrogens with two attached hydrogens (primary N) is 1. The Hall–Kier alpha value is -2.02. The third-order valence-electron chi connectivity index (χ3n) is 3.26. The van der Waals surface area contributed by atoms with Crippen LogP contribution in [0.25, 0.3) is 0 Å². The standard InChI is InChI=1S/C14H20N4O2S/c1-3-6-17-13(20)11-10(15)9(12(19)16-2)14(21-11)18-7-8-4-5-8/h3,8,18H,1,4-7,15H2,2H3,(H,16,19)(H,17,20). The zero-order valence-corrected chi connectivity index (χ0v) is 12.8. The van der Waals surface area contributed by atoms with Gasteiger partial charge in [0.1, 0.15) is 9.88 Å². The Morgan fingerprint density at radius 1 is 1.43 bits per heavy atom. The maximum Gasteiger partial charge on any atom is 0.263 e. The minimum atomic E-state index is -0.290. The fourth-order valence-electron chi connectivity index (χ4n) is 1.89. The van der Waals surface area contributed by atoms with E-state index in [0.29, 0.717) is 27.9 Å². The van der Waals surface area contributed by atoms with Crippen LogP contribution < -0.4 is 21.7 Å². The molecule has 1 aromatic heterocycles. The van der Waals surface area contributed by atoms with Crippen molar-refractivity contribution in [1.29, 1.82) is 0 Å². The first-order valence-corrected chi connectivity index (χ1v) is 7.67. The van der Waals surface area contributed by atoms with E-state index in [4.69, 9.17) is 5.73 Å². The molecule has 21 heavy (non-hydrogen) atoms. The number of thiophene rings is 1. The molecule has 0 aromatic carbocycles. The van der Waals surface area contributed by atoms with Gasteiger partial charge >= 0.3 is 0 Å². The second kappa shape index (κ2) is 6.62. The Balaban J connectivity index is 2.25. The maximum absolute atomic E-state index is 12.1. The van der Waals surface area contributed by atoms with E-state index in [-0.39, 0.29) is 17.5 Å². The topological polar surface area (TPSA) is 96.2 Å². The molecule has 2 amide bonds. The Morgan fingerprint density at radius 3 is 2.71 bits per heavy atom. The summed E-state index contributed by atoms with van der Waals surface area (Å²) in [6.07, 6.45) is 4.00. The summed E-state index contributed by atoms with van der Waals surface area (Å²) in [5.41, 5.74) is 6.57. The number of carbonyl (C=O) groups excluding carboxylic acids is 2. The number of amides is 2. The van der Waals surface area contributed by atoms with Gasteiger partial charge in [0.25, 0.3) is 11.8 Å². The van der Waals surface area contributed by atoms with E-state index in [2.05, 4.69) is 22.5 Å². The van der Waals surface area contributed by atoms with E-state index in [1.54, 1.807) is 13.1 Å². The van der Waals surface area contributed by atoms with Crippen molar-refractivity contribution in [1.82, 2.24) is 10.6 Å². The molecule has 5 N–H and O–H groups in total. The predicted molar refractivity (Wildman–Crippen MR) is 85.9 cm³/mol. The Morgan fingerprint density at radius 2 is 2.14 bits per heavy atom. The number of hydrogen-bond acceptors (Lipinski definition) is 5. The highest BCUT2D eigenvalue weighted by Crippen LogP contribution is 2.37. The molecule has 0 unspecified atom stereocenters. The van der Waals surface area contributed by atoms with Crippen molar-refractivity contribution in [3.63, 3.8) is 0 Å². The van der Waals surface area contributed by atoms with Crippen LogP contribution in [0.5, 0.6) is 0 Å². The van der Waals surface area contributed by atoms with Crippen LogP contribution in [0.2, 0.25) is 0 Å². The molecule has 1 heterocycles. The van der Waals surface area contributed by atoms with E-state index in [1.807, 2.05) is 0 Å². The normalized spacial score (nSPS) is 13.6. The van der Waals surface area contributed by atoms with Crippen molar-refractivity contribution in [3.8, 4) is 0 Å². The quantitative estimate of drug-likeness (QED) is 0.573. The van der Waals surface area contributed by atoms with E-state index in [1.165, 1.54) is 24.2 Å². The van der Waals surface area contributed by atoms with Gasteiger partial charge in [-0.3, -0.25) is 9.59 Å². The smallest absolute Gasteiger partial charge is 0.263 e. The fraction of sp³-hybridized carbons (Fsp3) is 0.429. The molecule has 1 aromatic rings. The second-order valence-corrected chi connectivity index (χ2v) is 5.97. The van der Waals surface area contributed by atoms with Gasteiger partial charge in [-0.05, 0) is 18.8 Å². The Labute approximate surface area is 127 Å². The third kappa shape index (κ3) is 3.55. The van der Waals surface area contributed by atoms with Gasteiger partial charge in [-0.25, -0.2) is 0 Å². The minimum absolute atomic E-state index is 0.221. The molecule has 0 spiro atoms. The summed E-state index contributed by atoms with van der Waals surface area (Å²) < 4.78 is 0. The zero-order valence-electron chi connectivity index (χ0n) is 12.0. The molecule has 0 saturated heterocycles. The molecule has 1 saturated carbocycles. The van der Waals surface area contributed by atoms with Crippen LogP contribution in [0, 0.1) is 5.92 Å². The van der Waals surface area contributed by atoms with Gasteiger partial charge < -0.3 is 21.7 Å². The summed E-state index contributed by atoms with van der Waals surface area (Å²) in [6.45, 7) is 4.71. The van der Waals surface area contributed by atoms with Crippen molar-refractivity contribution < 1.29 is 9.59 Å². The van der Waals surface area contributed by atoms with Crippen molar-refractivity contribution in [2.75, 3.05) is 31.2 Å². The van der Waals surface area contributed by atoms with Crippen molar-refractivity contribution in [3.05, 3.63) is 23.1 Å². The molecule has 0 atom stereocenters. The molecule has 6 nitrogen and oxygen atoms in total. The molecule has 7 heteroatoms. The summed E-state index contributed by atoms with van der Waals surface area (Å²) >= 11 is 1.21. The van der Waals surface area contributed by atoms with Crippen molar-refractivity contribution in [2.45, 2.75) is 12.8 Å². The van der Waals surface area contributed by atoms with Gasteiger partial charge in [0.2, 0.25) is 0 Å². The summed E-state index contributed by atoms with van der Waals surface area (Å²) in [5, 5.41) is 9.13. The predicted octanol–water partition coefficient (Wildman–Crippen LogP) is 1.43. The highest BCUT2D eigenvalue weighted by molar-refractivity contribution is 7.19. The van der Waals surface area contributed by atoms with Crippen LogP contribution in [0.3, 0.4) is 0 Å². The van der Waals surface area contributed by atoms with Crippen LogP contribution in [0.15, 0.2) is 12.7 Å². The van der Waals surface area contributed by atoms with Gasteiger partial charge in [-0.2, -0.15) is 0 Å². The fourth-order valence-corrected chi connectivity index (χ4v) is 2.93. The largest absolute Gasteiger partial charge is 0.397 e. The molecule has 0 aliphatic heterocycles. The summed E-state index contributed by atoms with van der Waals surface area (Å²) in [5.74, 6) is 0.0794. The average Bonchev–Trinajstić information content (AvgIpc) is 3.25. The van der Waals surface area contributed by atoms with Gasteiger partial charge in [-0.15, -0.1) is 17.9 Å². The number of nitrogen functional groups attached to an aromatic ring is 1. The zero-order chi connectivity index (χ0) is 15.4. The lowest BCUT2D eigenvalue weighted by Gasteiger charge is -2.06. The van der Waals surface area contributed by atoms with E-state index < -0.39 is 0 Å². The average molecular weight is 308 g/mol. The van der Waals surface area contributed by atoms with Gasteiger partial charge in [0, 0.05) is 20.1 Å². The molecular formula is C14H20N4O2S. The lowest BCUT2D eigenvalue weighted by molar-refractivity contribution is 0.0960. The number of rotatable bonds is 7. The summed E-state index contributed by atoms with van der Waals surface area (Å²) in [7, 11) is 1.54. The van der Waals surface area contributed by atoms with Crippen molar-refractivity contribution >= 4 is 33.8 Å². The first kappa shape index (κ1) is 15.4. The van der Waals surface area contributed by atoms with Crippen LogP contribution in [0.4, 0.5) is 10.7 Å². The van der Waals surface area contributed by atoms with Crippen LogP contribution in [-0.2, 0) is 0 Å². The molecule has 2 rings (SSSR count). The summed E-state index contributed by atoms with van der Waals surface area (Å²) in [6, 6.07) is 0. The summed E-state index contributed by atoms with van der Waals surface area (Å²) in [4.78, 5) is 24.4. The van der Waals surface area contributed by atoms with E-state index in [9.17, 15) is 9.59 Å². The van der Waals surface area contributed by atoms with Gasteiger partial charge in [0.05, 0.1) is 11.3 Å². The SMILES string of the molecule is C=CCNC(=O)c1sc(NCC2CC2)c(C(=O)NC)c1N. The molecule has 1 aliphatic rings. The lowest BCUT2D eigenvalue weighted by atomic mass is 10.2. The Bertz CT molecular complexity index is 564. The van der Waals surface area contributed by atoms with Crippen LogP contribution in [-0.4, -0.2) is 32.0 Å². The number of anilines is 2. The van der Waals surface area contributed by atoms with Gasteiger partial charge in [0.15, 0.2) is 0 Å². The van der Waals surface area contributed by atoms with Crippen molar-refractivity contribution in [2.24, 2.45) is 5.92 Å². The molecular weight excluding hydrogens is 288 g/mol. The Kier molecular flexibility index (Phi) is 4.85. The maximum atomic E-state index is 12.1. The second-order valence-electron chi connectivity index (χ2n) is 4.95. The van der Waals surface area contributed by atoms with Crippen LogP contribution in [0.1, 0.15) is 32.9 Å². The van der Waals surface area contributed by atoms with Gasteiger partial charge in [-0.1, -0.05) is 6.08 Å². The van der Waals surface area contributed by atoms with Crippen LogP contribution >= 0.6 is 11.3 Å². The first-order chi connectivity index (χ1) is 10.1. The monoisotopic (exact) mass is 308 g/mol. The highest BCUT2D eigenvalue weighted by Gasteiger charge is 2.27. The molecule has 0 radical (unpaired) electrons. The molecule has 0 bridgehead atoms. The minimum Gasteiger partial charge on any atom is -0.397 e. The van der Waals surface area contributed by atoms with E-state index >= 15 is 0 Å². The third-order valence-corrected chi connectivity index (χ3v) is 4.42. The molecule has 114 valence electrons. The molecule has 1 aliphatic carbocycles. The highest BCUT2D eigenvalue weighted by atomic mass is 32.1. The lowest BCUT2D eigenvalue weighted by Crippen LogP contribution is -2.24. The first-order valence-electron chi connectivity index (χ1n) is 6.85. The number of hydrogen-bond donors (Lipinski definition) is 4.